The third-order valence-corrected chi connectivity index (χ3v) is 4.09. The third kappa shape index (κ3) is 2.73. The van der Waals surface area contributed by atoms with E-state index in [9.17, 15) is 4.79 Å². The van der Waals surface area contributed by atoms with Crippen molar-refractivity contribution in [1.29, 1.82) is 0 Å². The van der Waals surface area contributed by atoms with Crippen molar-refractivity contribution in [1.82, 2.24) is 10.6 Å². The van der Waals surface area contributed by atoms with Crippen LogP contribution < -0.4 is 15.4 Å². The Morgan fingerprint density at radius 2 is 2.16 bits per heavy atom. The van der Waals surface area contributed by atoms with Crippen LogP contribution in [0.5, 0.6) is 5.75 Å². The number of hydrogen-bond donors (Lipinski definition) is 2. The number of hydrogen-bond acceptors (Lipinski definition) is 3. The van der Waals surface area contributed by atoms with E-state index in [-0.39, 0.29) is 5.91 Å². The minimum Gasteiger partial charge on any atom is -0.497 e. The highest BCUT2D eigenvalue weighted by molar-refractivity contribution is 5.78. The van der Waals surface area contributed by atoms with Gasteiger partial charge in [-0.3, -0.25) is 4.79 Å². The molecule has 1 heterocycles. The molecule has 1 fully saturated rings. The number of aryl methyl sites for hydroxylation is 1. The van der Waals surface area contributed by atoms with E-state index in [1.165, 1.54) is 11.1 Å². The fourth-order valence-electron chi connectivity index (χ4n) is 3.06. The molecule has 3 rings (SSSR count). The highest BCUT2D eigenvalue weighted by Crippen LogP contribution is 2.26. The molecule has 2 atom stereocenters. The van der Waals surface area contributed by atoms with Crippen LogP contribution in [0.25, 0.3) is 0 Å². The first kappa shape index (κ1) is 12.5. The average molecular weight is 260 g/mol. The summed E-state index contributed by atoms with van der Waals surface area (Å²) in [7, 11) is 1.70. The molecule has 4 heteroatoms. The fourth-order valence-corrected chi connectivity index (χ4v) is 3.06. The summed E-state index contributed by atoms with van der Waals surface area (Å²) in [5.74, 6) is 1.09. The molecule has 2 N–H and O–H groups in total. The molecule has 1 aromatic rings. The summed E-state index contributed by atoms with van der Waals surface area (Å²) in [6.45, 7) is 0.764. The van der Waals surface area contributed by atoms with Gasteiger partial charge in [0.25, 0.3) is 0 Å². The SMILES string of the molecule is COc1ccc2c(c1)CC(NC1CNC(=O)C1)CC2. The zero-order chi connectivity index (χ0) is 13.2. The Bertz CT molecular complexity index is 487. The van der Waals surface area contributed by atoms with Gasteiger partial charge in [0.05, 0.1) is 7.11 Å². The first-order valence-electron chi connectivity index (χ1n) is 6.93. The van der Waals surface area contributed by atoms with E-state index < -0.39 is 0 Å². The van der Waals surface area contributed by atoms with E-state index in [2.05, 4.69) is 22.8 Å². The van der Waals surface area contributed by atoms with Gasteiger partial charge in [0.2, 0.25) is 5.91 Å². The van der Waals surface area contributed by atoms with Crippen molar-refractivity contribution < 1.29 is 9.53 Å². The second-order valence-electron chi connectivity index (χ2n) is 5.45. The van der Waals surface area contributed by atoms with Crippen LogP contribution in [0.4, 0.5) is 0 Å². The Morgan fingerprint density at radius 3 is 2.89 bits per heavy atom. The Hall–Kier alpha value is -1.55. The summed E-state index contributed by atoms with van der Waals surface area (Å²) >= 11 is 0. The van der Waals surface area contributed by atoms with E-state index in [0.717, 1.165) is 31.6 Å². The maximum atomic E-state index is 11.2. The Morgan fingerprint density at radius 1 is 1.26 bits per heavy atom. The van der Waals surface area contributed by atoms with Gasteiger partial charge in [-0.2, -0.15) is 0 Å². The van der Waals surface area contributed by atoms with Crippen LogP contribution in [0.15, 0.2) is 18.2 Å². The molecule has 0 bridgehead atoms. The lowest BCUT2D eigenvalue weighted by molar-refractivity contribution is -0.119. The van der Waals surface area contributed by atoms with E-state index in [4.69, 9.17) is 4.74 Å². The molecule has 19 heavy (non-hydrogen) atoms. The van der Waals surface area contributed by atoms with Gasteiger partial charge in [-0.1, -0.05) is 6.07 Å². The summed E-state index contributed by atoms with van der Waals surface area (Å²) < 4.78 is 5.29. The lowest BCUT2D eigenvalue weighted by atomic mass is 9.87. The average Bonchev–Trinajstić information content (AvgIpc) is 2.83. The normalized spacial score (nSPS) is 25.8. The van der Waals surface area contributed by atoms with Crippen LogP contribution in [-0.4, -0.2) is 31.6 Å². The molecule has 1 aliphatic heterocycles. The molecule has 2 aliphatic rings. The van der Waals surface area contributed by atoms with Crippen molar-refractivity contribution in [3.8, 4) is 5.75 Å². The van der Waals surface area contributed by atoms with E-state index in [1.54, 1.807) is 7.11 Å². The quantitative estimate of drug-likeness (QED) is 0.853. The lowest BCUT2D eigenvalue weighted by Crippen LogP contribution is -2.42. The van der Waals surface area contributed by atoms with Crippen molar-refractivity contribution in [3.05, 3.63) is 29.3 Å². The van der Waals surface area contributed by atoms with Gasteiger partial charge >= 0.3 is 0 Å². The Balaban J connectivity index is 1.65. The summed E-state index contributed by atoms with van der Waals surface area (Å²) in [5, 5.41) is 6.48. The van der Waals surface area contributed by atoms with Crippen LogP contribution in [0.2, 0.25) is 0 Å². The van der Waals surface area contributed by atoms with Gasteiger partial charge in [-0.25, -0.2) is 0 Å². The van der Waals surface area contributed by atoms with Crippen molar-refractivity contribution in [2.75, 3.05) is 13.7 Å². The topological polar surface area (TPSA) is 50.4 Å². The highest BCUT2D eigenvalue weighted by atomic mass is 16.5. The highest BCUT2D eigenvalue weighted by Gasteiger charge is 2.26. The maximum Gasteiger partial charge on any atom is 0.221 e. The molecule has 102 valence electrons. The number of amides is 1. The number of carbonyl (C=O) groups excluding carboxylic acids is 1. The number of benzene rings is 1. The number of fused-ring (bicyclic) bond motifs is 1. The van der Waals surface area contributed by atoms with Crippen LogP contribution in [-0.2, 0) is 17.6 Å². The van der Waals surface area contributed by atoms with Gasteiger partial charge < -0.3 is 15.4 Å². The van der Waals surface area contributed by atoms with Crippen molar-refractivity contribution in [2.24, 2.45) is 0 Å². The van der Waals surface area contributed by atoms with Gasteiger partial charge in [0.1, 0.15) is 5.75 Å². The third-order valence-electron chi connectivity index (χ3n) is 4.09. The van der Waals surface area contributed by atoms with Gasteiger partial charge in [0, 0.05) is 25.0 Å². The minimum absolute atomic E-state index is 0.162. The second-order valence-corrected chi connectivity index (χ2v) is 5.45. The van der Waals surface area contributed by atoms with E-state index in [1.807, 2.05) is 6.07 Å². The molecule has 2 unspecified atom stereocenters. The molecule has 4 nitrogen and oxygen atoms in total. The zero-order valence-corrected chi connectivity index (χ0v) is 11.2. The standard InChI is InChI=1S/C15H20N2O2/c1-19-14-5-3-10-2-4-12(6-11(10)7-14)17-13-8-15(18)16-9-13/h3,5,7,12-13,17H,2,4,6,8-9H2,1H3,(H,16,18). The van der Waals surface area contributed by atoms with Gasteiger partial charge in [-0.05, 0) is 42.5 Å². The fraction of sp³-hybridized carbons (Fsp3) is 0.533. The molecule has 1 saturated heterocycles. The summed E-state index contributed by atoms with van der Waals surface area (Å²) in [5.41, 5.74) is 2.81. The molecule has 0 aromatic heterocycles. The number of methoxy groups -OCH3 is 1. The van der Waals surface area contributed by atoms with Crippen molar-refractivity contribution in [2.45, 2.75) is 37.8 Å². The van der Waals surface area contributed by atoms with Crippen LogP contribution in [0, 0.1) is 0 Å². The molecular formula is C15H20N2O2. The monoisotopic (exact) mass is 260 g/mol. The van der Waals surface area contributed by atoms with Gasteiger partial charge in [-0.15, -0.1) is 0 Å². The van der Waals surface area contributed by atoms with Crippen LogP contribution in [0.3, 0.4) is 0 Å². The first-order valence-corrected chi connectivity index (χ1v) is 6.93. The summed E-state index contributed by atoms with van der Waals surface area (Å²) in [4.78, 5) is 11.2. The molecular weight excluding hydrogens is 240 g/mol. The largest absolute Gasteiger partial charge is 0.497 e. The molecule has 1 amide bonds. The van der Waals surface area contributed by atoms with Crippen molar-refractivity contribution >= 4 is 5.91 Å². The predicted molar refractivity (Wildman–Crippen MR) is 73.4 cm³/mol. The smallest absolute Gasteiger partial charge is 0.221 e. The van der Waals surface area contributed by atoms with E-state index >= 15 is 0 Å². The first-order chi connectivity index (χ1) is 9.24. The van der Waals surface area contributed by atoms with Gasteiger partial charge in [0.15, 0.2) is 0 Å². The Labute approximate surface area is 113 Å². The summed E-state index contributed by atoms with van der Waals surface area (Å²) in [6, 6.07) is 7.11. The number of carbonyl (C=O) groups is 1. The molecule has 0 radical (unpaired) electrons. The number of rotatable bonds is 3. The predicted octanol–water partition coefficient (Wildman–Crippen LogP) is 1.03. The van der Waals surface area contributed by atoms with Crippen LogP contribution >= 0.6 is 0 Å². The molecule has 0 saturated carbocycles. The second kappa shape index (κ2) is 5.21. The Kier molecular flexibility index (Phi) is 3.42. The number of nitrogens with one attached hydrogen (secondary N) is 2. The molecule has 1 aliphatic carbocycles. The lowest BCUT2D eigenvalue weighted by Gasteiger charge is -2.28. The minimum atomic E-state index is 0.162. The van der Waals surface area contributed by atoms with Crippen LogP contribution in [0.1, 0.15) is 24.0 Å². The molecule has 1 aromatic carbocycles. The van der Waals surface area contributed by atoms with Crippen molar-refractivity contribution in [3.63, 3.8) is 0 Å². The summed E-state index contributed by atoms with van der Waals surface area (Å²) in [6.07, 6.45) is 3.88. The molecule has 0 spiro atoms. The number of ether oxygens (including phenoxy) is 1. The van der Waals surface area contributed by atoms with E-state index in [0.29, 0.717) is 18.5 Å². The maximum absolute atomic E-state index is 11.2. The zero-order valence-electron chi connectivity index (χ0n) is 11.2.